The Morgan fingerprint density at radius 3 is 2.15 bits per heavy atom. The molecule has 0 unspecified atom stereocenters. The van der Waals surface area contributed by atoms with Gasteiger partial charge >= 0.3 is 0 Å². The molecule has 2 rings (SSSR count). The van der Waals surface area contributed by atoms with E-state index in [0.29, 0.717) is 0 Å². The molecule has 0 spiro atoms. The molecule has 0 heterocycles. The van der Waals surface area contributed by atoms with Crippen molar-refractivity contribution in [1.82, 2.24) is 0 Å². The summed E-state index contributed by atoms with van der Waals surface area (Å²) in [5, 5.41) is 1.92. The number of hydrogen-bond acceptors (Lipinski definition) is 3. The minimum atomic E-state index is 0.726. The number of rotatable bonds is 4. The fourth-order valence-corrected chi connectivity index (χ4v) is 2.75. The van der Waals surface area contributed by atoms with E-state index in [2.05, 4.69) is 15.9 Å². The molecule has 0 radical (unpaired) electrons. The molecule has 2 aromatic carbocycles. The summed E-state index contributed by atoms with van der Waals surface area (Å²) in [5.41, 5.74) is 1.05. The molecule has 0 saturated carbocycles. The molecule has 0 aliphatic carbocycles. The van der Waals surface area contributed by atoms with Gasteiger partial charge in [0.15, 0.2) is 0 Å². The maximum atomic E-state index is 5.51. The van der Waals surface area contributed by atoms with Crippen LogP contribution in [-0.4, -0.2) is 21.3 Å². The summed E-state index contributed by atoms with van der Waals surface area (Å²) in [5.74, 6) is 2.24. The van der Waals surface area contributed by atoms with Gasteiger partial charge in [0.25, 0.3) is 0 Å². The number of methoxy groups -OCH3 is 3. The Bertz CT molecular complexity index is 663. The standard InChI is InChI=1S/C16H17BrO3/c1-5-6-10-7-13(19-3)15-12(16(10)17)8-11(18-2)9-14(15)20-4/h5-9H,1-4H3/b6-5+. The molecular formula is C16H17BrO3. The summed E-state index contributed by atoms with van der Waals surface area (Å²) >= 11 is 3.65. The smallest absolute Gasteiger partial charge is 0.134 e. The topological polar surface area (TPSA) is 27.7 Å². The van der Waals surface area contributed by atoms with Crippen LogP contribution in [-0.2, 0) is 0 Å². The molecule has 0 saturated heterocycles. The van der Waals surface area contributed by atoms with E-state index in [9.17, 15) is 0 Å². The van der Waals surface area contributed by atoms with Crippen LogP contribution < -0.4 is 14.2 Å². The van der Waals surface area contributed by atoms with Crippen molar-refractivity contribution >= 4 is 32.8 Å². The summed E-state index contributed by atoms with van der Waals surface area (Å²) in [6.45, 7) is 1.98. The van der Waals surface area contributed by atoms with Gasteiger partial charge in [-0.05, 0) is 40.5 Å². The van der Waals surface area contributed by atoms with Crippen molar-refractivity contribution in [2.24, 2.45) is 0 Å². The van der Waals surface area contributed by atoms with Gasteiger partial charge < -0.3 is 14.2 Å². The molecule has 0 atom stereocenters. The highest BCUT2D eigenvalue weighted by Crippen LogP contribution is 2.43. The van der Waals surface area contributed by atoms with E-state index in [4.69, 9.17) is 14.2 Å². The van der Waals surface area contributed by atoms with E-state index < -0.39 is 0 Å². The van der Waals surface area contributed by atoms with Crippen molar-refractivity contribution in [2.75, 3.05) is 21.3 Å². The number of halogens is 1. The maximum absolute atomic E-state index is 5.51. The van der Waals surface area contributed by atoms with Gasteiger partial charge in [-0.2, -0.15) is 0 Å². The molecule has 0 aromatic heterocycles. The van der Waals surface area contributed by atoms with Crippen LogP contribution >= 0.6 is 15.9 Å². The summed E-state index contributed by atoms with van der Waals surface area (Å²) in [7, 11) is 4.94. The molecule has 0 aliphatic heterocycles. The minimum Gasteiger partial charge on any atom is -0.497 e. The van der Waals surface area contributed by atoms with Gasteiger partial charge in [0.05, 0.1) is 26.7 Å². The SMILES string of the molecule is C/C=C/c1cc(OC)c2c(OC)cc(OC)cc2c1Br. The zero-order valence-electron chi connectivity index (χ0n) is 12.0. The first-order valence-corrected chi connectivity index (χ1v) is 7.00. The Kier molecular flexibility index (Phi) is 4.55. The summed E-state index contributed by atoms with van der Waals surface area (Å²) in [6.07, 6.45) is 4.01. The molecule has 106 valence electrons. The first-order chi connectivity index (χ1) is 9.65. The second-order valence-electron chi connectivity index (χ2n) is 4.23. The van der Waals surface area contributed by atoms with Crippen LogP contribution in [0, 0.1) is 0 Å². The summed E-state index contributed by atoms with van der Waals surface area (Å²) < 4.78 is 17.3. The Hall–Kier alpha value is -1.68. The zero-order valence-corrected chi connectivity index (χ0v) is 13.6. The third kappa shape index (κ3) is 2.48. The number of benzene rings is 2. The summed E-state index contributed by atoms with van der Waals surface area (Å²) in [6, 6.07) is 5.81. The average molecular weight is 337 g/mol. The van der Waals surface area contributed by atoms with Crippen LogP contribution in [0.1, 0.15) is 12.5 Å². The van der Waals surface area contributed by atoms with Gasteiger partial charge in [0.1, 0.15) is 17.2 Å². The van der Waals surface area contributed by atoms with E-state index in [0.717, 1.165) is 38.1 Å². The maximum Gasteiger partial charge on any atom is 0.134 e. The largest absolute Gasteiger partial charge is 0.497 e. The van der Waals surface area contributed by atoms with Crippen LogP contribution in [0.3, 0.4) is 0 Å². The third-order valence-electron chi connectivity index (χ3n) is 3.12. The van der Waals surface area contributed by atoms with E-state index in [-0.39, 0.29) is 0 Å². The van der Waals surface area contributed by atoms with Gasteiger partial charge in [-0.3, -0.25) is 0 Å². The van der Waals surface area contributed by atoms with Gasteiger partial charge in [-0.15, -0.1) is 0 Å². The lowest BCUT2D eigenvalue weighted by Crippen LogP contribution is -1.94. The molecule has 2 aromatic rings. The van der Waals surface area contributed by atoms with Crippen molar-refractivity contribution in [3.8, 4) is 17.2 Å². The van der Waals surface area contributed by atoms with Crippen LogP contribution in [0.25, 0.3) is 16.8 Å². The van der Waals surface area contributed by atoms with Crippen LogP contribution in [0.15, 0.2) is 28.7 Å². The lowest BCUT2D eigenvalue weighted by atomic mass is 10.0. The van der Waals surface area contributed by atoms with Crippen LogP contribution in [0.5, 0.6) is 17.2 Å². The van der Waals surface area contributed by atoms with E-state index in [1.54, 1.807) is 21.3 Å². The zero-order chi connectivity index (χ0) is 14.7. The minimum absolute atomic E-state index is 0.726. The van der Waals surface area contributed by atoms with E-state index in [1.165, 1.54) is 0 Å². The third-order valence-corrected chi connectivity index (χ3v) is 4.01. The van der Waals surface area contributed by atoms with Gasteiger partial charge in [0.2, 0.25) is 0 Å². The second kappa shape index (κ2) is 6.18. The number of ether oxygens (including phenoxy) is 3. The highest BCUT2D eigenvalue weighted by Gasteiger charge is 2.15. The highest BCUT2D eigenvalue weighted by molar-refractivity contribution is 9.10. The Morgan fingerprint density at radius 2 is 1.60 bits per heavy atom. The predicted octanol–water partition coefficient (Wildman–Crippen LogP) is 4.66. The Morgan fingerprint density at radius 1 is 0.950 bits per heavy atom. The van der Waals surface area contributed by atoms with E-state index in [1.807, 2.05) is 37.3 Å². The van der Waals surface area contributed by atoms with Gasteiger partial charge in [0, 0.05) is 15.9 Å². The van der Waals surface area contributed by atoms with Crippen LogP contribution in [0.4, 0.5) is 0 Å². The lowest BCUT2D eigenvalue weighted by molar-refractivity contribution is 0.393. The molecule has 4 heteroatoms. The van der Waals surface area contributed by atoms with Gasteiger partial charge in [-0.1, -0.05) is 12.2 Å². The number of fused-ring (bicyclic) bond motifs is 1. The normalized spacial score (nSPS) is 11.1. The highest BCUT2D eigenvalue weighted by atomic mass is 79.9. The first-order valence-electron chi connectivity index (χ1n) is 6.21. The molecule has 0 bridgehead atoms. The molecule has 3 nitrogen and oxygen atoms in total. The summed E-state index contributed by atoms with van der Waals surface area (Å²) in [4.78, 5) is 0. The van der Waals surface area contributed by atoms with Crippen molar-refractivity contribution in [3.63, 3.8) is 0 Å². The number of allylic oxidation sites excluding steroid dienone is 1. The second-order valence-corrected chi connectivity index (χ2v) is 5.03. The first kappa shape index (κ1) is 14.7. The molecule has 0 aliphatic rings. The molecule has 0 fully saturated rings. The van der Waals surface area contributed by atoms with Crippen molar-refractivity contribution in [1.29, 1.82) is 0 Å². The van der Waals surface area contributed by atoms with Crippen molar-refractivity contribution in [3.05, 3.63) is 34.3 Å². The molecular weight excluding hydrogens is 320 g/mol. The predicted molar refractivity (Wildman–Crippen MR) is 86.0 cm³/mol. The van der Waals surface area contributed by atoms with E-state index >= 15 is 0 Å². The Balaban J connectivity index is 2.91. The number of hydrogen-bond donors (Lipinski definition) is 0. The lowest BCUT2D eigenvalue weighted by Gasteiger charge is -2.15. The molecule has 20 heavy (non-hydrogen) atoms. The van der Waals surface area contributed by atoms with Crippen molar-refractivity contribution in [2.45, 2.75) is 6.92 Å². The monoisotopic (exact) mass is 336 g/mol. The van der Waals surface area contributed by atoms with Crippen LogP contribution in [0.2, 0.25) is 0 Å². The quantitative estimate of drug-likeness (QED) is 0.812. The molecule has 0 N–H and O–H groups in total. The average Bonchev–Trinajstić information content (AvgIpc) is 2.49. The molecule has 0 amide bonds. The van der Waals surface area contributed by atoms with Crippen molar-refractivity contribution < 1.29 is 14.2 Å². The Labute approximate surface area is 127 Å². The fraction of sp³-hybridized carbons (Fsp3) is 0.250. The fourth-order valence-electron chi connectivity index (χ4n) is 2.19. The van der Waals surface area contributed by atoms with Gasteiger partial charge in [-0.25, -0.2) is 0 Å².